The molecule has 30 heavy (non-hydrogen) atoms. The van der Waals surface area contributed by atoms with E-state index in [1.165, 1.54) is 18.2 Å². The lowest BCUT2D eigenvalue weighted by Gasteiger charge is -2.29. The van der Waals surface area contributed by atoms with Crippen molar-refractivity contribution in [2.75, 3.05) is 13.1 Å². The van der Waals surface area contributed by atoms with E-state index in [0.29, 0.717) is 16.1 Å². The fraction of sp³-hybridized carbons (Fsp3) is 0.375. The Morgan fingerprint density at radius 3 is 2.57 bits per heavy atom. The van der Waals surface area contributed by atoms with Crippen LogP contribution < -0.4 is 5.56 Å². The Kier molecular flexibility index (Phi) is 5.95. The van der Waals surface area contributed by atoms with Crippen molar-refractivity contribution in [3.05, 3.63) is 63.9 Å². The van der Waals surface area contributed by atoms with Crippen LogP contribution in [0.5, 0.6) is 0 Å². The Hall–Kier alpha value is -2.60. The van der Waals surface area contributed by atoms with E-state index in [9.17, 15) is 9.59 Å². The van der Waals surface area contributed by atoms with Crippen molar-refractivity contribution in [1.82, 2.24) is 14.5 Å². The SMILES string of the molecule is Cc1ccc(C)c(-n2c(S[C@@H](C)C(=O)N3CCCCC3)nc3ccccc3c2=O)c1. The molecule has 156 valence electrons. The van der Waals surface area contributed by atoms with E-state index < -0.39 is 0 Å². The molecule has 2 heterocycles. The van der Waals surface area contributed by atoms with Gasteiger partial charge in [0.1, 0.15) is 0 Å². The maximum absolute atomic E-state index is 13.5. The van der Waals surface area contributed by atoms with Crippen molar-refractivity contribution in [3.63, 3.8) is 0 Å². The molecule has 3 aromatic rings. The standard InChI is InChI=1S/C24H27N3O2S/c1-16-11-12-17(2)21(15-16)27-23(29)19-9-5-6-10-20(19)25-24(27)30-18(3)22(28)26-13-7-4-8-14-26/h5-6,9-12,15,18H,4,7-8,13-14H2,1-3H3/t18-/m0/s1. The van der Waals surface area contributed by atoms with Crippen LogP contribution in [-0.2, 0) is 4.79 Å². The van der Waals surface area contributed by atoms with Gasteiger partial charge in [-0.15, -0.1) is 0 Å². The summed E-state index contributed by atoms with van der Waals surface area (Å²) in [5.41, 5.74) is 3.44. The predicted molar refractivity (Wildman–Crippen MR) is 123 cm³/mol. The topological polar surface area (TPSA) is 55.2 Å². The average Bonchev–Trinajstić information content (AvgIpc) is 2.76. The van der Waals surface area contributed by atoms with Gasteiger partial charge in [0, 0.05) is 13.1 Å². The molecule has 1 aliphatic rings. The van der Waals surface area contributed by atoms with Gasteiger partial charge in [-0.1, -0.05) is 36.0 Å². The van der Waals surface area contributed by atoms with Gasteiger partial charge in [0.05, 0.1) is 21.8 Å². The van der Waals surface area contributed by atoms with Gasteiger partial charge in [0.15, 0.2) is 5.16 Å². The van der Waals surface area contributed by atoms with E-state index in [0.717, 1.165) is 42.7 Å². The van der Waals surface area contributed by atoms with Crippen molar-refractivity contribution in [3.8, 4) is 5.69 Å². The Balaban J connectivity index is 1.81. The number of carbonyl (C=O) groups is 1. The second-order valence-electron chi connectivity index (χ2n) is 7.99. The number of aromatic nitrogens is 2. The highest BCUT2D eigenvalue weighted by atomic mass is 32.2. The molecule has 0 N–H and O–H groups in total. The summed E-state index contributed by atoms with van der Waals surface area (Å²) in [6.07, 6.45) is 3.30. The zero-order chi connectivity index (χ0) is 21.3. The molecule has 4 rings (SSSR count). The van der Waals surface area contributed by atoms with Crippen molar-refractivity contribution < 1.29 is 4.79 Å². The zero-order valence-corrected chi connectivity index (χ0v) is 18.5. The molecule has 6 heteroatoms. The van der Waals surface area contributed by atoms with Crippen LogP contribution in [0.15, 0.2) is 52.4 Å². The van der Waals surface area contributed by atoms with Crippen molar-refractivity contribution in [2.24, 2.45) is 0 Å². The molecular formula is C24H27N3O2S. The summed E-state index contributed by atoms with van der Waals surface area (Å²) in [5.74, 6) is 0.120. The maximum atomic E-state index is 13.5. The number of piperidine rings is 1. The summed E-state index contributed by atoms with van der Waals surface area (Å²) in [6.45, 7) is 7.55. The first-order valence-corrected chi connectivity index (χ1v) is 11.4. The molecule has 0 radical (unpaired) electrons. The third kappa shape index (κ3) is 4.01. The van der Waals surface area contributed by atoms with Crippen LogP contribution >= 0.6 is 11.8 Å². The molecule has 1 aliphatic heterocycles. The summed E-state index contributed by atoms with van der Waals surface area (Å²) in [7, 11) is 0. The predicted octanol–water partition coefficient (Wildman–Crippen LogP) is 4.50. The summed E-state index contributed by atoms with van der Waals surface area (Å²) < 4.78 is 1.68. The van der Waals surface area contributed by atoms with Gasteiger partial charge in [-0.05, 0) is 69.4 Å². The highest BCUT2D eigenvalue weighted by Crippen LogP contribution is 2.28. The first-order chi connectivity index (χ1) is 14.5. The van der Waals surface area contributed by atoms with E-state index in [1.54, 1.807) is 4.57 Å². The third-order valence-corrected chi connectivity index (χ3v) is 6.69. The van der Waals surface area contributed by atoms with Crippen molar-refractivity contribution >= 4 is 28.6 Å². The van der Waals surface area contributed by atoms with Gasteiger partial charge >= 0.3 is 0 Å². The number of rotatable bonds is 4. The third-order valence-electron chi connectivity index (χ3n) is 5.65. The van der Waals surface area contributed by atoms with E-state index in [-0.39, 0.29) is 16.7 Å². The molecule has 1 atom stereocenters. The highest BCUT2D eigenvalue weighted by molar-refractivity contribution is 8.00. The van der Waals surface area contributed by atoms with Crippen LogP contribution in [0, 0.1) is 13.8 Å². The van der Waals surface area contributed by atoms with Gasteiger partial charge < -0.3 is 4.90 Å². The van der Waals surface area contributed by atoms with E-state index in [1.807, 2.05) is 68.1 Å². The van der Waals surface area contributed by atoms with Crippen LogP contribution in [0.1, 0.15) is 37.3 Å². The number of benzene rings is 2. The minimum atomic E-state index is -0.312. The largest absolute Gasteiger partial charge is 0.342 e. The Labute approximate surface area is 181 Å². The maximum Gasteiger partial charge on any atom is 0.266 e. The Morgan fingerprint density at radius 1 is 1.07 bits per heavy atom. The minimum absolute atomic E-state index is 0.102. The van der Waals surface area contributed by atoms with Gasteiger partial charge in [-0.3, -0.25) is 14.2 Å². The monoisotopic (exact) mass is 421 g/mol. The van der Waals surface area contributed by atoms with Gasteiger partial charge in [-0.25, -0.2) is 4.98 Å². The van der Waals surface area contributed by atoms with E-state index in [4.69, 9.17) is 4.98 Å². The number of likely N-dealkylation sites (tertiary alicyclic amines) is 1. The summed E-state index contributed by atoms with van der Waals surface area (Å²) in [4.78, 5) is 33.2. The minimum Gasteiger partial charge on any atom is -0.342 e. The number of aryl methyl sites for hydroxylation is 2. The van der Waals surface area contributed by atoms with Gasteiger partial charge in [0.25, 0.3) is 5.56 Å². The molecule has 0 unspecified atom stereocenters. The van der Waals surface area contributed by atoms with Crippen LogP contribution in [0.2, 0.25) is 0 Å². The summed E-state index contributed by atoms with van der Waals surface area (Å²) >= 11 is 1.37. The van der Waals surface area contributed by atoms with E-state index >= 15 is 0 Å². The van der Waals surface area contributed by atoms with Crippen molar-refractivity contribution in [1.29, 1.82) is 0 Å². The van der Waals surface area contributed by atoms with Crippen LogP contribution in [-0.4, -0.2) is 38.7 Å². The molecule has 0 bridgehead atoms. The molecule has 1 saturated heterocycles. The van der Waals surface area contributed by atoms with E-state index in [2.05, 4.69) is 0 Å². The van der Waals surface area contributed by atoms with Crippen LogP contribution in [0.3, 0.4) is 0 Å². The number of amides is 1. The molecule has 0 aliphatic carbocycles. The number of hydrogen-bond acceptors (Lipinski definition) is 4. The lowest BCUT2D eigenvalue weighted by molar-refractivity contribution is -0.131. The average molecular weight is 422 g/mol. The number of fused-ring (bicyclic) bond motifs is 1. The lowest BCUT2D eigenvalue weighted by atomic mass is 10.1. The van der Waals surface area contributed by atoms with Gasteiger partial charge in [-0.2, -0.15) is 0 Å². The Morgan fingerprint density at radius 2 is 1.80 bits per heavy atom. The molecular weight excluding hydrogens is 394 g/mol. The molecule has 0 spiro atoms. The number of nitrogens with zero attached hydrogens (tertiary/aromatic N) is 3. The second-order valence-corrected chi connectivity index (χ2v) is 9.30. The first-order valence-electron chi connectivity index (χ1n) is 10.5. The zero-order valence-electron chi connectivity index (χ0n) is 17.7. The second kappa shape index (κ2) is 8.64. The van der Waals surface area contributed by atoms with Crippen LogP contribution in [0.25, 0.3) is 16.6 Å². The number of hydrogen-bond donors (Lipinski definition) is 0. The molecule has 1 aromatic heterocycles. The van der Waals surface area contributed by atoms with Crippen molar-refractivity contribution in [2.45, 2.75) is 50.4 Å². The molecule has 1 fully saturated rings. The summed E-state index contributed by atoms with van der Waals surface area (Å²) in [5, 5.41) is 0.829. The molecule has 0 saturated carbocycles. The smallest absolute Gasteiger partial charge is 0.266 e. The quantitative estimate of drug-likeness (QED) is 0.460. The summed E-state index contributed by atoms with van der Waals surface area (Å²) in [6, 6.07) is 13.5. The normalized spacial score (nSPS) is 15.4. The first kappa shape index (κ1) is 20.7. The van der Waals surface area contributed by atoms with Gasteiger partial charge in [0.2, 0.25) is 5.91 Å². The van der Waals surface area contributed by atoms with Crippen LogP contribution in [0.4, 0.5) is 0 Å². The fourth-order valence-corrected chi connectivity index (χ4v) is 4.95. The molecule has 2 aromatic carbocycles. The number of thioether (sulfide) groups is 1. The number of carbonyl (C=O) groups excluding carboxylic acids is 1. The highest BCUT2D eigenvalue weighted by Gasteiger charge is 2.25. The Bertz CT molecular complexity index is 1150. The number of para-hydroxylation sites is 1. The molecule has 1 amide bonds. The fourth-order valence-electron chi connectivity index (χ4n) is 3.94. The molecule has 5 nitrogen and oxygen atoms in total. The lowest BCUT2D eigenvalue weighted by Crippen LogP contribution is -2.40.